The van der Waals surface area contributed by atoms with Crippen molar-refractivity contribution in [2.75, 3.05) is 13.1 Å². The van der Waals surface area contributed by atoms with Gasteiger partial charge in [-0.25, -0.2) is 0 Å². The smallest absolute Gasteiger partial charge is 0.00461 e. The Morgan fingerprint density at radius 1 is 1.00 bits per heavy atom. The molecular formula is C2H10N2O. The Labute approximate surface area is 31.3 Å². The maximum absolute atomic E-state index is 4.90. The lowest BCUT2D eigenvalue weighted by atomic mass is 10.7. The Kier molecular flexibility index (Phi) is 16.1. The second-order valence-corrected chi connectivity index (χ2v) is 0.577. The molecule has 0 radical (unpaired) electrons. The van der Waals surface area contributed by atoms with Crippen LogP contribution in [0.5, 0.6) is 0 Å². The molecule has 0 saturated heterocycles. The summed E-state index contributed by atoms with van der Waals surface area (Å²) in [6.07, 6.45) is 0. The number of hydrogen-bond acceptors (Lipinski definition) is 2. The maximum Gasteiger partial charge on any atom is 0.00461 e. The van der Waals surface area contributed by atoms with Crippen LogP contribution in [-0.4, -0.2) is 18.6 Å². The van der Waals surface area contributed by atoms with Crippen molar-refractivity contribution in [2.24, 2.45) is 11.5 Å². The lowest BCUT2D eigenvalue weighted by Crippen LogP contribution is -2.11. The summed E-state index contributed by atoms with van der Waals surface area (Å²) in [5, 5.41) is 0. The molecule has 0 aliphatic carbocycles. The molecule has 0 heterocycles. The molecule has 0 aromatic rings. The van der Waals surface area contributed by atoms with Crippen molar-refractivity contribution in [1.82, 2.24) is 0 Å². The molecule has 34 valence electrons. The molecule has 0 amide bonds. The second-order valence-electron chi connectivity index (χ2n) is 0.577. The Bertz CT molecular complexity index is 9.61. The molecule has 3 heteroatoms. The monoisotopic (exact) mass is 78.1 g/mol. The fourth-order valence-corrected chi connectivity index (χ4v) is 0. The van der Waals surface area contributed by atoms with E-state index in [0.717, 1.165) is 0 Å². The predicted molar refractivity (Wildman–Crippen MR) is 21.7 cm³/mol. The first kappa shape index (κ1) is 8.86. The molecule has 0 fully saturated rings. The van der Waals surface area contributed by atoms with E-state index in [0.29, 0.717) is 13.1 Å². The van der Waals surface area contributed by atoms with Gasteiger partial charge < -0.3 is 16.9 Å². The average Bonchev–Trinajstić information content (AvgIpc) is 1.37. The molecule has 0 aromatic heterocycles. The van der Waals surface area contributed by atoms with Gasteiger partial charge in [0.25, 0.3) is 0 Å². The molecular weight excluding hydrogens is 68.0 g/mol. The first-order valence-electron chi connectivity index (χ1n) is 1.32. The van der Waals surface area contributed by atoms with Gasteiger partial charge in [-0.05, 0) is 0 Å². The van der Waals surface area contributed by atoms with Crippen LogP contribution in [0, 0.1) is 0 Å². The molecule has 0 rings (SSSR count). The molecule has 0 bridgehead atoms. The first-order valence-corrected chi connectivity index (χ1v) is 1.32. The van der Waals surface area contributed by atoms with Crippen molar-refractivity contribution < 1.29 is 5.48 Å². The minimum absolute atomic E-state index is 0. The van der Waals surface area contributed by atoms with Crippen molar-refractivity contribution in [3.8, 4) is 0 Å². The van der Waals surface area contributed by atoms with Crippen molar-refractivity contribution in [1.29, 1.82) is 0 Å². The Morgan fingerprint density at radius 3 is 1.20 bits per heavy atom. The zero-order chi connectivity index (χ0) is 3.41. The van der Waals surface area contributed by atoms with Crippen LogP contribution in [0.25, 0.3) is 0 Å². The minimum atomic E-state index is 0. The highest BCUT2D eigenvalue weighted by Crippen LogP contribution is 1.24. The largest absolute Gasteiger partial charge is 0.412 e. The average molecular weight is 78.1 g/mol. The van der Waals surface area contributed by atoms with Gasteiger partial charge in [0.05, 0.1) is 0 Å². The van der Waals surface area contributed by atoms with E-state index in [1.54, 1.807) is 0 Å². The molecule has 0 spiro atoms. The van der Waals surface area contributed by atoms with Crippen molar-refractivity contribution in [3.63, 3.8) is 0 Å². The molecule has 6 N–H and O–H groups in total. The summed E-state index contributed by atoms with van der Waals surface area (Å²) in [5.41, 5.74) is 9.81. The van der Waals surface area contributed by atoms with E-state index in [1.807, 2.05) is 0 Å². The van der Waals surface area contributed by atoms with E-state index < -0.39 is 0 Å². The molecule has 0 aliphatic rings. The van der Waals surface area contributed by atoms with Crippen LogP contribution < -0.4 is 11.5 Å². The highest BCUT2D eigenvalue weighted by molar-refractivity contribution is 4.26. The van der Waals surface area contributed by atoms with E-state index >= 15 is 0 Å². The first-order chi connectivity index (χ1) is 1.91. The lowest BCUT2D eigenvalue weighted by molar-refractivity contribution is 0.824. The van der Waals surface area contributed by atoms with Crippen LogP contribution >= 0.6 is 0 Å². The van der Waals surface area contributed by atoms with Crippen LogP contribution in [0.15, 0.2) is 0 Å². The number of rotatable bonds is 1. The summed E-state index contributed by atoms with van der Waals surface area (Å²) >= 11 is 0. The fourth-order valence-electron chi connectivity index (χ4n) is 0. The van der Waals surface area contributed by atoms with Gasteiger partial charge in [0.1, 0.15) is 0 Å². The van der Waals surface area contributed by atoms with Gasteiger partial charge in [-0.2, -0.15) is 0 Å². The van der Waals surface area contributed by atoms with E-state index in [9.17, 15) is 0 Å². The summed E-state index contributed by atoms with van der Waals surface area (Å²) in [4.78, 5) is 0. The summed E-state index contributed by atoms with van der Waals surface area (Å²) in [6, 6.07) is 0. The van der Waals surface area contributed by atoms with Crippen molar-refractivity contribution in [2.45, 2.75) is 0 Å². The summed E-state index contributed by atoms with van der Waals surface area (Å²) in [7, 11) is 0. The molecule has 0 saturated carbocycles. The van der Waals surface area contributed by atoms with Crippen LogP contribution in [0.2, 0.25) is 0 Å². The van der Waals surface area contributed by atoms with E-state index in [4.69, 9.17) is 11.5 Å². The van der Waals surface area contributed by atoms with E-state index in [2.05, 4.69) is 0 Å². The van der Waals surface area contributed by atoms with Gasteiger partial charge in [0.2, 0.25) is 0 Å². The standard InChI is InChI=1S/C2H8N2.H2O/c3-1-2-4;/h1-4H2;1H2. The molecule has 0 unspecified atom stereocenters. The van der Waals surface area contributed by atoms with Crippen LogP contribution in [-0.2, 0) is 0 Å². The normalized spacial score (nSPS) is 6.00. The van der Waals surface area contributed by atoms with Crippen LogP contribution in [0.3, 0.4) is 0 Å². The SMILES string of the molecule is NCCN.O. The molecule has 3 nitrogen and oxygen atoms in total. The Balaban J connectivity index is 0. The molecule has 0 aliphatic heterocycles. The highest BCUT2D eigenvalue weighted by atomic mass is 16.0. The number of nitrogens with two attached hydrogens (primary N) is 2. The third-order valence-electron chi connectivity index (χ3n) is 0.167. The Hall–Kier alpha value is -0.120. The maximum atomic E-state index is 4.90. The van der Waals surface area contributed by atoms with E-state index in [1.165, 1.54) is 0 Å². The van der Waals surface area contributed by atoms with Gasteiger partial charge in [-0.1, -0.05) is 0 Å². The second kappa shape index (κ2) is 9.11. The van der Waals surface area contributed by atoms with Gasteiger partial charge in [0, 0.05) is 13.1 Å². The third kappa shape index (κ3) is 17.7. The fraction of sp³-hybridized carbons (Fsp3) is 1.00. The lowest BCUT2D eigenvalue weighted by Gasteiger charge is -1.72. The summed E-state index contributed by atoms with van der Waals surface area (Å²) in [5.74, 6) is 0. The van der Waals surface area contributed by atoms with Gasteiger partial charge in [0.15, 0.2) is 0 Å². The third-order valence-corrected chi connectivity index (χ3v) is 0.167. The van der Waals surface area contributed by atoms with Gasteiger partial charge in [-0.3, -0.25) is 0 Å². The van der Waals surface area contributed by atoms with Gasteiger partial charge >= 0.3 is 0 Å². The minimum Gasteiger partial charge on any atom is -0.412 e. The zero-order valence-corrected chi connectivity index (χ0v) is 3.07. The van der Waals surface area contributed by atoms with E-state index in [-0.39, 0.29) is 5.48 Å². The quantitative estimate of drug-likeness (QED) is 0.383. The topological polar surface area (TPSA) is 83.5 Å². The van der Waals surface area contributed by atoms with Crippen molar-refractivity contribution in [3.05, 3.63) is 0 Å². The van der Waals surface area contributed by atoms with Crippen LogP contribution in [0.4, 0.5) is 0 Å². The molecule has 0 aromatic carbocycles. The Morgan fingerprint density at radius 2 is 1.20 bits per heavy atom. The molecule has 0 atom stereocenters. The zero-order valence-electron chi connectivity index (χ0n) is 3.07. The van der Waals surface area contributed by atoms with Gasteiger partial charge in [-0.15, -0.1) is 0 Å². The summed E-state index contributed by atoms with van der Waals surface area (Å²) < 4.78 is 0. The van der Waals surface area contributed by atoms with Crippen molar-refractivity contribution >= 4 is 0 Å². The van der Waals surface area contributed by atoms with Crippen LogP contribution in [0.1, 0.15) is 0 Å². The highest BCUT2D eigenvalue weighted by Gasteiger charge is 1.54. The predicted octanol–water partition coefficient (Wildman–Crippen LogP) is -1.92. The summed E-state index contributed by atoms with van der Waals surface area (Å²) in [6.45, 7) is 1.19. The number of hydrogen-bond donors (Lipinski definition) is 2. The molecule has 5 heavy (non-hydrogen) atoms.